The van der Waals surface area contributed by atoms with Crippen molar-refractivity contribution in [2.75, 3.05) is 5.73 Å². The molecule has 2 heterocycles. The molecule has 0 spiro atoms. The molecule has 2 rings (SSSR count). The maximum Gasteiger partial charge on any atom is 0.263 e. The van der Waals surface area contributed by atoms with Crippen LogP contribution >= 0.6 is 11.3 Å². The van der Waals surface area contributed by atoms with E-state index in [1.807, 2.05) is 0 Å². The van der Waals surface area contributed by atoms with Crippen molar-refractivity contribution in [3.8, 4) is 0 Å². The molecule has 2 aromatic rings. The molecule has 4 N–H and O–H groups in total. The van der Waals surface area contributed by atoms with E-state index in [4.69, 9.17) is 5.73 Å². The van der Waals surface area contributed by atoms with E-state index in [-0.39, 0.29) is 5.91 Å². The van der Waals surface area contributed by atoms with Gasteiger partial charge in [-0.2, -0.15) is 0 Å². The fourth-order valence-corrected chi connectivity index (χ4v) is 2.02. The van der Waals surface area contributed by atoms with Crippen molar-refractivity contribution in [1.29, 1.82) is 0 Å². The van der Waals surface area contributed by atoms with Gasteiger partial charge in [-0.15, -0.1) is 0 Å². The summed E-state index contributed by atoms with van der Waals surface area (Å²) in [7, 11) is 0. The number of aromatic amines is 1. The summed E-state index contributed by atoms with van der Waals surface area (Å²) in [6, 6.07) is 0. The number of nitrogen functional groups attached to an aromatic ring is 1. The van der Waals surface area contributed by atoms with Crippen LogP contribution in [0.25, 0.3) is 0 Å². The molecule has 6 nitrogen and oxygen atoms in total. The van der Waals surface area contributed by atoms with Gasteiger partial charge < -0.3 is 16.0 Å². The highest BCUT2D eigenvalue weighted by molar-refractivity contribution is 7.17. The number of rotatable bonds is 3. The van der Waals surface area contributed by atoms with Gasteiger partial charge in [0.15, 0.2) is 5.13 Å². The summed E-state index contributed by atoms with van der Waals surface area (Å²) in [4.78, 5) is 23.0. The minimum absolute atomic E-state index is 0.165. The summed E-state index contributed by atoms with van der Waals surface area (Å²) >= 11 is 1.19. The maximum atomic E-state index is 11.7. The van der Waals surface area contributed by atoms with Crippen molar-refractivity contribution < 1.29 is 4.79 Å². The van der Waals surface area contributed by atoms with Crippen LogP contribution in [0, 0.1) is 6.92 Å². The molecule has 0 atom stereocenters. The zero-order valence-corrected chi connectivity index (χ0v) is 9.47. The van der Waals surface area contributed by atoms with Gasteiger partial charge in [0.1, 0.15) is 4.88 Å². The Morgan fingerprint density at radius 3 is 3.06 bits per heavy atom. The molecule has 0 aliphatic heterocycles. The number of imidazole rings is 1. The van der Waals surface area contributed by atoms with E-state index in [1.165, 1.54) is 11.3 Å². The van der Waals surface area contributed by atoms with E-state index in [9.17, 15) is 4.79 Å². The molecular weight excluding hydrogens is 226 g/mol. The number of hydrogen-bond donors (Lipinski definition) is 3. The second-order valence-corrected chi connectivity index (χ2v) is 4.26. The Hall–Kier alpha value is -1.89. The minimum Gasteiger partial charge on any atom is -0.375 e. The van der Waals surface area contributed by atoms with Gasteiger partial charge in [-0.3, -0.25) is 4.79 Å². The van der Waals surface area contributed by atoms with Crippen LogP contribution in [0.5, 0.6) is 0 Å². The summed E-state index contributed by atoms with van der Waals surface area (Å²) in [5.74, 6) is -0.165. The van der Waals surface area contributed by atoms with E-state index >= 15 is 0 Å². The molecule has 0 fully saturated rings. The predicted molar refractivity (Wildman–Crippen MR) is 61.0 cm³/mol. The van der Waals surface area contributed by atoms with Gasteiger partial charge in [0.05, 0.1) is 24.3 Å². The lowest BCUT2D eigenvalue weighted by atomic mass is 10.3. The summed E-state index contributed by atoms with van der Waals surface area (Å²) in [6.45, 7) is 2.17. The molecule has 7 heteroatoms. The van der Waals surface area contributed by atoms with Gasteiger partial charge >= 0.3 is 0 Å². The first kappa shape index (κ1) is 10.6. The lowest BCUT2D eigenvalue weighted by Gasteiger charge is -2.01. The molecule has 1 amide bonds. The normalized spacial score (nSPS) is 10.3. The van der Waals surface area contributed by atoms with Crippen LogP contribution in [0.2, 0.25) is 0 Å². The van der Waals surface area contributed by atoms with Crippen LogP contribution in [-0.2, 0) is 6.54 Å². The molecule has 0 saturated heterocycles. The third kappa shape index (κ3) is 2.19. The first-order valence-corrected chi connectivity index (χ1v) is 5.47. The highest BCUT2D eigenvalue weighted by Crippen LogP contribution is 2.19. The van der Waals surface area contributed by atoms with E-state index in [0.717, 1.165) is 5.69 Å². The Bertz CT molecular complexity index is 490. The van der Waals surface area contributed by atoms with Crippen molar-refractivity contribution in [1.82, 2.24) is 20.3 Å². The number of nitrogens with zero attached hydrogens (tertiary/aromatic N) is 2. The molecule has 0 unspecified atom stereocenters. The van der Waals surface area contributed by atoms with Crippen molar-refractivity contribution in [3.05, 3.63) is 28.8 Å². The summed E-state index contributed by atoms with van der Waals surface area (Å²) in [6.07, 6.45) is 3.23. The number of carbonyl (C=O) groups is 1. The smallest absolute Gasteiger partial charge is 0.263 e. The fourth-order valence-electron chi connectivity index (χ4n) is 1.27. The lowest BCUT2D eigenvalue weighted by Crippen LogP contribution is -2.22. The van der Waals surface area contributed by atoms with Crippen LogP contribution in [0.1, 0.15) is 21.1 Å². The number of aryl methyl sites for hydroxylation is 1. The summed E-state index contributed by atoms with van der Waals surface area (Å²) in [5, 5.41) is 3.17. The van der Waals surface area contributed by atoms with Crippen LogP contribution < -0.4 is 11.1 Å². The SMILES string of the molecule is Cc1nc(N)sc1C(=O)NCc1cnc[nH]1. The fraction of sp³-hybridized carbons (Fsp3) is 0.222. The number of aromatic nitrogens is 3. The second kappa shape index (κ2) is 4.31. The van der Waals surface area contributed by atoms with E-state index in [1.54, 1.807) is 19.4 Å². The third-order valence-electron chi connectivity index (χ3n) is 2.01. The summed E-state index contributed by atoms with van der Waals surface area (Å²) < 4.78 is 0. The Kier molecular flexibility index (Phi) is 2.86. The number of carbonyl (C=O) groups excluding carboxylic acids is 1. The average Bonchev–Trinajstić information content (AvgIpc) is 2.84. The van der Waals surface area contributed by atoms with Gasteiger partial charge in [0.25, 0.3) is 5.91 Å². The number of amides is 1. The first-order chi connectivity index (χ1) is 7.66. The van der Waals surface area contributed by atoms with Crippen molar-refractivity contribution in [2.45, 2.75) is 13.5 Å². The van der Waals surface area contributed by atoms with Gasteiger partial charge in [-0.25, -0.2) is 9.97 Å². The van der Waals surface area contributed by atoms with Crippen LogP contribution in [0.15, 0.2) is 12.5 Å². The Labute approximate surface area is 95.9 Å². The minimum atomic E-state index is -0.165. The summed E-state index contributed by atoms with van der Waals surface area (Å²) in [5.41, 5.74) is 7.03. The Morgan fingerprint density at radius 1 is 1.69 bits per heavy atom. The van der Waals surface area contributed by atoms with E-state index in [0.29, 0.717) is 22.2 Å². The molecular formula is C9H11N5OS. The van der Waals surface area contributed by atoms with Crippen molar-refractivity contribution >= 4 is 22.4 Å². The monoisotopic (exact) mass is 237 g/mol. The Balaban J connectivity index is 2.01. The average molecular weight is 237 g/mol. The molecule has 0 aliphatic carbocycles. The number of nitrogens with one attached hydrogen (secondary N) is 2. The van der Waals surface area contributed by atoms with Crippen LogP contribution in [-0.4, -0.2) is 20.9 Å². The van der Waals surface area contributed by atoms with Gasteiger partial charge in [-0.1, -0.05) is 11.3 Å². The molecule has 0 aromatic carbocycles. The predicted octanol–water partition coefficient (Wildman–Crippen LogP) is 0.687. The van der Waals surface area contributed by atoms with E-state index in [2.05, 4.69) is 20.3 Å². The molecule has 0 aliphatic rings. The van der Waals surface area contributed by atoms with E-state index < -0.39 is 0 Å². The largest absolute Gasteiger partial charge is 0.375 e. The number of nitrogens with two attached hydrogens (primary N) is 1. The van der Waals surface area contributed by atoms with Gasteiger partial charge in [-0.05, 0) is 6.92 Å². The molecule has 0 bridgehead atoms. The molecule has 0 radical (unpaired) electrons. The zero-order valence-electron chi connectivity index (χ0n) is 8.65. The Morgan fingerprint density at radius 2 is 2.50 bits per heavy atom. The highest BCUT2D eigenvalue weighted by atomic mass is 32.1. The third-order valence-corrected chi connectivity index (χ3v) is 3.00. The highest BCUT2D eigenvalue weighted by Gasteiger charge is 2.13. The van der Waals surface area contributed by atoms with Gasteiger partial charge in [0, 0.05) is 6.20 Å². The standard InChI is InChI=1S/C9H11N5OS/c1-5-7(16-9(10)14-5)8(15)12-3-6-2-11-4-13-6/h2,4H,3H2,1H3,(H2,10,14)(H,11,13)(H,12,15). The number of hydrogen-bond acceptors (Lipinski definition) is 5. The first-order valence-electron chi connectivity index (χ1n) is 4.65. The second-order valence-electron chi connectivity index (χ2n) is 3.23. The zero-order chi connectivity index (χ0) is 11.5. The lowest BCUT2D eigenvalue weighted by molar-refractivity contribution is 0.0953. The molecule has 0 saturated carbocycles. The number of anilines is 1. The van der Waals surface area contributed by atoms with Crippen molar-refractivity contribution in [3.63, 3.8) is 0 Å². The molecule has 84 valence electrons. The molecule has 2 aromatic heterocycles. The topological polar surface area (TPSA) is 96.7 Å². The van der Waals surface area contributed by atoms with Crippen molar-refractivity contribution in [2.24, 2.45) is 0 Å². The number of thiazole rings is 1. The van der Waals surface area contributed by atoms with Crippen LogP contribution in [0.3, 0.4) is 0 Å². The quantitative estimate of drug-likeness (QED) is 0.731. The number of H-pyrrole nitrogens is 1. The molecule has 16 heavy (non-hydrogen) atoms. The maximum absolute atomic E-state index is 11.7. The van der Waals surface area contributed by atoms with Gasteiger partial charge in [0.2, 0.25) is 0 Å². The van der Waals surface area contributed by atoms with Crippen LogP contribution in [0.4, 0.5) is 5.13 Å².